The molecule has 7 aromatic heterocycles. The topological polar surface area (TPSA) is 186 Å². The van der Waals surface area contributed by atoms with Gasteiger partial charge in [-0.1, -0.05) is 225 Å². The normalized spacial score (nSPS) is 14.1. The van der Waals surface area contributed by atoms with E-state index in [2.05, 4.69) is 35.9 Å². The van der Waals surface area contributed by atoms with E-state index in [1.807, 2.05) is 104 Å². The minimum absolute atomic E-state index is 0.0198. The first-order valence-electron chi connectivity index (χ1n) is 40.3. The Hall–Kier alpha value is -10.9. The number of Topliss-reactive ketones (excluding diaryl/α,β-unsaturated/α-hetero) is 2. The number of imidazole rings is 3. The Kier molecular flexibility index (Phi) is 19.8. The van der Waals surface area contributed by atoms with Crippen LogP contribution in [0.4, 0.5) is 5.82 Å². The van der Waals surface area contributed by atoms with Crippen LogP contribution in [0.3, 0.4) is 0 Å². The molecule has 7 heterocycles. The number of carbonyl (C=O) groups is 4. The third-order valence-corrected chi connectivity index (χ3v) is 15.4. The number of aliphatic hydroxyl groups excluding tert-OH is 1. The molecule has 0 aliphatic carbocycles. The van der Waals surface area contributed by atoms with Crippen molar-refractivity contribution in [2.45, 2.75) is 88.3 Å². The van der Waals surface area contributed by atoms with Crippen LogP contribution in [0.1, 0.15) is 125 Å². The molecule has 6 aromatic carbocycles. The maximum Gasteiger partial charge on any atom is 0.257 e. The molecule has 0 bridgehead atoms. The Balaban J connectivity index is 0.000000197. The van der Waals surface area contributed by atoms with Crippen molar-refractivity contribution in [3.8, 4) is 33.8 Å². The van der Waals surface area contributed by atoms with Gasteiger partial charge >= 0.3 is 0 Å². The highest BCUT2D eigenvalue weighted by Gasteiger charge is 2.28. The molecule has 0 aliphatic rings. The predicted octanol–water partition coefficient (Wildman–Crippen LogP) is 17.3. The third kappa shape index (κ3) is 22.3. The molecule has 2 amide bonds. The average molecular weight is 1420 g/mol. The second-order valence-electron chi connectivity index (χ2n) is 23.4. The summed E-state index contributed by atoms with van der Waals surface area (Å²) in [6, 6.07) is 55.6. The fraction of sp³-hybridized carbons (Fsp3) is 0.214. The summed E-state index contributed by atoms with van der Waals surface area (Å²) >= 11 is 3.05. The number of amides is 2. The summed E-state index contributed by atoms with van der Waals surface area (Å²) < 4.78 is 136. The lowest BCUT2D eigenvalue weighted by Gasteiger charge is -2.17. The number of nitrogen functional groups attached to an aromatic ring is 1. The van der Waals surface area contributed by atoms with Gasteiger partial charge in [-0.15, -0.1) is 0 Å². The van der Waals surface area contributed by atoms with Crippen LogP contribution in [0.2, 0.25) is 0 Å². The molecule has 0 aliphatic heterocycles. The number of likely N-dealkylation sites (N-methyl/N-ethyl adjacent to an activating group) is 2. The van der Waals surface area contributed by atoms with E-state index in [4.69, 9.17) is 30.4 Å². The number of rotatable bonds is 10. The monoisotopic (exact) mass is 1420 g/mol. The number of anilines is 1. The SMILES string of the molecule is Cc1ccc(N)nc1.[2H]C([2H])([2H])c1ccc(-c2cn3cc(C)ccc3n2)cc1.[2H]C([2H])([2H])c1ccc(-c2nc3ccc(C)cn3c2C(O)C(=O)N(C)C)cc1.[2H]C([2H])([2H])c1ccc(-c2nc3ccc(C)cn3c2CC(=O)N(C)C)cc1.[2H]C([2H])([2H])c1ccc(C(=O)CBr)cc1.[2H]C([2H])([2H])c1ccc(C(C)=O)cc1.[2H]C([2H])([2H])c1ccccc1. The number of alkyl halides is 1. The maximum atomic E-state index is 12.4. The Bertz CT molecular complexity index is 5510. The van der Waals surface area contributed by atoms with Crippen molar-refractivity contribution in [3.63, 3.8) is 0 Å². The lowest BCUT2D eigenvalue weighted by atomic mass is 10.1. The van der Waals surface area contributed by atoms with Crippen LogP contribution in [-0.2, 0) is 16.0 Å². The minimum Gasteiger partial charge on any atom is -0.384 e. The highest BCUT2D eigenvalue weighted by atomic mass is 79.9. The molecule has 514 valence electrons. The zero-order chi connectivity index (χ0) is 87.7. The van der Waals surface area contributed by atoms with E-state index in [9.17, 15) is 24.3 Å². The van der Waals surface area contributed by atoms with Gasteiger partial charge in [-0.2, -0.15) is 0 Å². The van der Waals surface area contributed by atoms with Crippen LogP contribution >= 0.6 is 15.9 Å². The Labute approximate surface area is 622 Å². The lowest BCUT2D eigenvalue weighted by molar-refractivity contribution is -0.138. The Morgan fingerprint density at radius 2 is 0.910 bits per heavy atom. The number of aromatic nitrogens is 7. The van der Waals surface area contributed by atoms with Gasteiger partial charge in [0.15, 0.2) is 17.7 Å². The van der Waals surface area contributed by atoms with E-state index < -0.39 is 53.1 Å². The number of halogens is 1. The molecular weight excluding hydrogens is 1310 g/mol. The van der Waals surface area contributed by atoms with Gasteiger partial charge < -0.3 is 29.4 Å². The summed E-state index contributed by atoms with van der Waals surface area (Å²) in [4.78, 5) is 67.3. The van der Waals surface area contributed by atoms with Crippen LogP contribution in [0.25, 0.3) is 50.7 Å². The number of ketones is 2. The third-order valence-electron chi connectivity index (χ3n) is 14.8. The summed E-state index contributed by atoms with van der Waals surface area (Å²) in [5.41, 5.74) is 20.2. The number of carbonyl (C=O) groups excluding carboxylic acids is 4. The molecule has 1 atom stereocenters. The quantitative estimate of drug-likeness (QED) is 0.0986. The van der Waals surface area contributed by atoms with Crippen molar-refractivity contribution in [2.75, 3.05) is 39.3 Å². The van der Waals surface area contributed by atoms with Gasteiger partial charge in [0.05, 0.1) is 40.2 Å². The molecule has 0 saturated carbocycles. The number of aliphatic hydroxyl groups is 1. The highest BCUT2D eigenvalue weighted by molar-refractivity contribution is 9.09. The van der Waals surface area contributed by atoms with E-state index >= 15 is 0 Å². The van der Waals surface area contributed by atoms with Crippen LogP contribution in [-0.4, -0.2) is 105 Å². The number of hydrogen-bond donors (Lipinski definition) is 2. The minimum atomic E-state index is -2.20. The predicted molar refractivity (Wildman–Crippen MR) is 411 cm³/mol. The highest BCUT2D eigenvalue weighted by Crippen LogP contribution is 2.31. The maximum absolute atomic E-state index is 12.4. The molecule has 0 spiro atoms. The van der Waals surface area contributed by atoms with Gasteiger partial charge in [-0.3, -0.25) is 23.6 Å². The molecule has 0 radical (unpaired) electrons. The molecule has 0 fully saturated rings. The molecule has 15 nitrogen and oxygen atoms in total. The van der Waals surface area contributed by atoms with E-state index in [1.54, 1.807) is 141 Å². The van der Waals surface area contributed by atoms with Crippen LogP contribution < -0.4 is 5.73 Å². The number of nitrogens with zero attached hydrogens (tertiary/aromatic N) is 9. The first kappa shape index (κ1) is 54.0. The van der Waals surface area contributed by atoms with Gasteiger partial charge in [0.25, 0.3) is 5.91 Å². The Morgan fingerprint density at radius 1 is 0.480 bits per heavy atom. The van der Waals surface area contributed by atoms with Gasteiger partial charge in [0.2, 0.25) is 5.91 Å². The summed E-state index contributed by atoms with van der Waals surface area (Å²) in [6.45, 7) is -3.19. The van der Waals surface area contributed by atoms with Crippen LogP contribution in [0.5, 0.6) is 0 Å². The van der Waals surface area contributed by atoms with E-state index in [0.29, 0.717) is 56.4 Å². The molecule has 13 aromatic rings. The molecule has 16 heteroatoms. The standard InChI is InChI=1S/C19H21N3O2.C19H21N3O.C15H14N2.C9H9BrO.C9H10O.C7H8.C6H8N2/c1-12-5-8-14(9-6-12)16-17(18(23)19(24)21(3)4)22-11-13(2)7-10-15(22)20-16;1-13-5-8-15(9-6-13)19-16(11-18(23)21(3)4)22-12-14(2)7-10-17(22)20-19;1-11-3-6-13(7-4-11)14-10-17-9-12(2)5-8-15(17)16-14;1-7-2-4-8(5-3-7)9(11)6-10;1-7-3-5-9(6-4-7)8(2)10;1-7-5-3-2-4-6-7;1-5-2-3-6(7)8-4-5/h5-11,18,23H,1-4H3;5-10,12H,11H2,1-4H3;3-10H,1-2H3;2-5H,6H2,1H3;3-6H,1-2H3;2-6H,1H3;2-4H,1H3,(H2,7,8)/i6*1D3;. The lowest BCUT2D eigenvalue weighted by Crippen LogP contribution is -2.29. The van der Waals surface area contributed by atoms with E-state index in [-0.39, 0.29) is 51.5 Å². The number of aryl methyl sites for hydroxylation is 10. The smallest absolute Gasteiger partial charge is 0.257 e. The second-order valence-corrected chi connectivity index (χ2v) is 24.0. The number of hydrogen-bond acceptors (Lipinski definition) is 10. The zero-order valence-corrected chi connectivity index (χ0v) is 58.6. The van der Waals surface area contributed by atoms with Crippen molar-refractivity contribution in [1.82, 2.24) is 42.9 Å². The largest absolute Gasteiger partial charge is 0.384 e. The summed E-state index contributed by atoms with van der Waals surface area (Å²) in [6.07, 6.45) is 8.30. The Morgan fingerprint density at radius 3 is 1.37 bits per heavy atom. The molecule has 0 saturated heterocycles. The van der Waals surface area contributed by atoms with E-state index in [0.717, 1.165) is 50.5 Å². The van der Waals surface area contributed by atoms with E-state index in [1.165, 1.54) is 78.1 Å². The number of pyridine rings is 4. The van der Waals surface area contributed by atoms with Crippen LogP contribution in [0.15, 0.2) is 231 Å². The van der Waals surface area contributed by atoms with Gasteiger partial charge in [-0.05, 0) is 122 Å². The first-order chi connectivity index (χ1) is 54.9. The van der Waals surface area contributed by atoms with Gasteiger partial charge in [0, 0.05) is 112 Å². The number of nitrogens with two attached hydrogens (primary N) is 1. The van der Waals surface area contributed by atoms with Crippen molar-refractivity contribution < 1.29 is 49.0 Å². The molecular formula is C84H91BrN10O5. The zero-order valence-electron chi connectivity index (χ0n) is 75.0. The summed E-state index contributed by atoms with van der Waals surface area (Å²) in [5, 5.41) is 11.0. The average Bonchev–Trinajstić information content (AvgIpc) is 1.63. The van der Waals surface area contributed by atoms with Crippen molar-refractivity contribution in [3.05, 3.63) is 309 Å². The van der Waals surface area contributed by atoms with Crippen molar-refractivity contribution >= 4 is 62.1 Å². The van der Waals surface area contributed by atoms with Gasteiger partial charge in [0.1, 0.15) is 22.8 Å². The molecule has 100 heavy (non-hydrogen) atoms. The first-order valence-corrected chi connectivity index (χ1v) is 32.5. The molecule has 3 N–H and O–H groups in total. The molecule has 1 unspecified atom stereocenters. The van der Waals surface area contributed by atoms with Crippen molar-refractivity contribution in [2.24, 2.45) is 0 Å². The number of fused-ring (bicyclic) bond motifs is 3. The van der Waals surface area contributed by atoms with Crippen LogP contribution in [0, 0.1) is 68.8 Å². The summed E-state index contributed by atoms with van der Waals surface area (Å²) in [5.74, 6) is -0.0119. The number of benzene rings is 6. The second kappa shape index (κ2) is 36.6. The summed E-state index contributed by atoms with van der Waals surface area (Å²) in [7, 11) is 6.60. The molecule has 13 rings (SSSR count). The van der Waals surface area contributed by atoms with Crippen molar-refractivity contribution in [1.29, 1.82) is 0 Å². The fourth-order valence-electron chi connectivity index (χ4n) is 9.40. The fourth-order valence-corrected chi connectivity index (χ4v) is 9.72. The van der Waals surface area contributed by atoms with Gasteiger partial charge in [-0.25, -0.2) is 19.9 Å².